The van der Waals surface area contributed by atoms with Gasteiger partial charge in [-0.05, 0) is 99.3 Å². The molecule has 9 nitrogen and oxygen atoms in total. The van der Waals surface area contributed by atoms with Crippen LogP contribution in [0.2, 0.25) is 0 Å². The molecule has 0 aromatic heterocycles. The quantitative estimate of drug-likeness (QED) is 0.136. The summed E-state index contributed by atoms with van der Waals surface area (Å²) in [6.07, 6.45) is 3.48. The van der Waals surface area contributed by atoms with Crippen LogP contribution in [0.5, 0.6) is 11.5 Å². The lowest BCUT2D eigenvalue weighted by molar-refractivity contribution is 0.404. The normalized spacial score (nSPS) is 11.6. The molecule has 0 aliphatic carbocycles. The first-order valence-corrected chi connectivity index (χ1v) is 15.0. The summed E-state index contributed by atoms with van der Waals surface area (Å²) in [7, 11) is 3.28. The minimum atomic E-state index is 0.588. The molecular weight excluding hydrogens is 550 g/mol. The predicted octanol–water partition coefficient (Wildman–Crippen LogP) is 11.4. The summed E-state index contributed by atoms with van der Waals surface area (Å²) in [5.41, 5.74) is 7.55. The van der Waals surface area contributed by atoms with E-state index in [0.29, 0.717) is 17.1 Å². The van der Waals surface area contributed by atoms with Crippen molar-refractivity contribution in [3.8, 4) is 11.5 Å². The maximum atomic E-state index is 5.64. The lowest BCUT2D eigenvalue weighted by Gasteiger charge is -2.24. The van der Waals surface area contributed by atoms with Gasteiger partial charge in [-0.2, -0.15) is 25.6 Å². The maximum absolute atomic E-state index is 5.64. The van der Waals surface area contributed by atoms with E-state index in [1.54, 1.807) is 14.2 Å². The number of ether oxygens (including phenoxy) is 2. The largest absolute Gasteiger partial charge is 0.494 e. The molecule has 0 heterocycles. The Kier molecular flexibility index (Phi) is 11.7. The fourth-order valence-electron chi connectivity index (χ4n) is 4.60. The minimum absolute atomic E-state index is 0.588. The third-order valence-electron chi connectivity index (χ3n) is 7.20. The number of methoxy groups -OCH3 is 2. The highest BCUT2D eigenvalue weighted by Gasteiger charge is 2.15. The summed E-state index contributed by atoms with van der Waals surface area (Å²) in [6.45, 7) is 10.1. The molecule has 0 saturated carbocycles. The van der Waals surface area contributed by atoms with Crippen molar-refractivity contribution in [2.75, 3.05) is 32.2 Å². The van der Waals surface area contributed by atoms with Gasteiger partial charge in [0.1, 0.15) is 17.2 Å². The number of hydrogen-bond acceptors (Lipinski definition) is 9. The smallest absolute Gasteiger partial charge is 0.148 e. The van der Waals surface area contributed by atoms with Gasteiger partial charge in [0, 0.05) is 25.2 Å². The van der Waals surface area contributed by atoms with Crippen molar-refractivity contribution in [3.05, 3.63) is 90.0 Å². The van der Waals surface area contributed by atoms with Gasteiger partial charge in [0.05, 0.1) is 48.3 Å². The summed E-state index contributed by atoms with van der Waals surface area (Å²) in [4.78, 5) is 2.20. The third kappa shape index (κ3) is 8.56. The van der Waals surface area contributed by atoms with Crippen LogP contribution in [0.1, 0.15) is 44.7 Å². The Morgan fingerprint density at radius 2 is 1.09 bits per heavy atom. The highest BCUT2D eigenvalue weighted by atomic mass is 16.5. The Hall–Kier alpha value is -4.92. The summed E-state index contributed by atoms with van der Waals surface area (Å²) >= 11 is 0. The number of anilines is 1. The van der Waals surface area contributed by atoms with Gasteiger partial charge in [-0.15, -0.1) is 5.11 Å². The van der Waals surface area contributed by atoms with Crippen molar-refractivity contribution in [2.24, 2.45) is 30.7 Å². The van der Waals surface area contributed by atoms with Crippen molar-refractivity contribution < 1.29 is 9.47 Å². The van der Waals surface area contributed by atoms with E-state index in [0.717, 1.165) is 59.3 Å². The Morgan fingerprint density at radius 1 is 0.568 bits per heavy atom. The Balaban J connectivity index is 1.41. The molecule has 0 spiro atoms. The Bertz CT molecular complexity index is 1590. The molecule has 44 heavy (non-hydrogen) atoms. The number of nitrogens with zero attached hydrogens (tertiary/aromatic N) is 7. The molecule has 0 N–H and O–H groups in total. The molecule has 0 bridgehead atoms. The second-order valence-electron chi connectivity index (χ2n) is 10.2. The number of aryl methyl sites for hydroxylation is 2. The fourth-order valence-corrected chi connectivity index (χ4v) is 4.60. The molecule has 4 rings (SSSR count). The van der Waals surface area contributed by atoms with E-state index in [9.17, 15) is 0 Å². The molecule has 4 aromatic rings. The number of benzene rings is 4. The van der Waals surface area contributed by atoms with Crippen molar-refractivity contribution in [3.63, 3.8) is 0 Å². The van der Waals surface area contributed by atoms with Crippen LogP contribution in [-0.4, -0.2) is 27.3 Å². The van der Waals surface area contributed by atoms with Crippen molar-refractivity contribution in [1.82, 2.24) is 0 Å². The van der Waals surface area contributed by atoms with E-state index < -0.39 is 0 Å². The predicted molar refractivity (Wildman–Crippen MR) is 178 cm³/mol. The average Bonchev–Trinajstić information content (AvgIpc) is 3.06. The molecule has 0 atom stereocenters. The topological polar surface area (TPSA) is 95.9 Å². The highest BCUT2D eigenvalue weighted by molar-refractivity contribution is 5.70. The highest BCUT2D eigenvalue weighted by Crippen LogP contribution is 2.41. The van der Waals surface area contributed by atoms with E-state index >= 15 is 0 Å². The van der Waals surface area contributed by atoms with Crippen LogP contribution in [0.25, 0.3) is 0 Å². The number of azo groups is 3. The van der Waals surface area contributed by atoms with Crippen LogP contribution >= 0.6 is 0 Å². The van der Waals surface area contributed by atoms with Crippen LogP contribution < -0.4 is 14.4 Å². The number of unbranched alkanes of at least 4 members (excludes halogenated alkanes) is 1. The first kappa shape index (κ1) is 32.0. The fraction of sp³-hybridized carbons (Fsp3) is 0.314. The van der Waals surface area contributed by atoms with Gasteiger partial charge in [-0.1, -0.05) is 25.5 Å². The lowest BCUT2D eigenvalue weighted by atomic mass is 10.1. The van der Waals surface area contributed by atoms with Crippen LogP contribution in [0.4, 0.5) is 39.8 Å². The SMILES string of the molecule is CCCCc1ccc(N=Nc2ccc(N=Nc3ccc(N=Nc4cc(OC)c(N(CC)CC)cc4OC)cc3C)cc2)cc1. The monoisotopic (exact) mass is 591 g/mol. The molecule has 0 radical (unpaired) electrons. The maximum Gasteiger partial charge on any atom is 0.148 e. The number of rotatable bonds is 14. The number of hydrogen-bond donors (Lipinski definition) is 0. The van der Waals surface area contributed by atoms with Gasteiger partial charge < -0.3 is 14.4 Å². The first-order chi connectivity index (χ1) is 21.5. The zero-order chi connectivity index (χ0) is 31.3. The van der Waals surface area contributed by atoms with E-state index in [1.807, 2.05) is 73.7 Å². The van der Waals surface area contributed by atoms with E-state index in [2.05, 4.69) is 68.5 Å². The lowest BCUT2D eigenvalue weighted by Crippen LogP contribution is -2.22. The van der Waals surface area contributed by atoms with Gasteiger partial charge in [0.25, 0.3) is 0 Å². The summed E-state index contributed by atoms with van der Waals surface area (Å²) < 4.78 is 11.3. The van der Waals surface area contributed by atoms with Crippen molar-refractivity contribution in [2.45, 2.75) is 47.0 Å². The second kappa shape index (κ2) is 16.1. The summed E-state index contributed by atoms with van der Waals surface area (Å²) in [6, 6.07) is 25.2. The molecule has 0 fully saturated rings. The van der Waals surface area contributed by atoms with Crippen LogP contribution in [0, 0.1) is 6.92 Å². The summed E-state index contributed by atoms with van der Waals surface area (Å²) in [5, 5.41) is 26.4. The zero-order valence-corrected chi connectivity index (χ0v) is 26.5. The molecule has 0 saturated heterocycles. The standard InChI is InChI=1S/C35H41N7O2/c1-7-10-11-26-12-14-27(15-13-26)36-37-28-16-18-29(19-17-28)38-40-31-21-20-30(22-25(31)4)39-41-32-23-35(44-6)33(24-34(32)43-5)42(8-2)9-3/h12-24H,7-11H2,1-6H3. The molecule has 228 valence electrons. The Labute approximate surface area is 260 Å². The molecule has 0 aliphatic heterocycles. The van der Waals surface area contributed by atoms with E-state index in [-0.39, 0.29) is 0 Å². The zero-order valence-electron chi connectivity index (χ0n) is 26.5. The van der Waals surface area contributed by atoms with Crippen molar-refractivity contribution in [1.29, 1.82) is 0 Å². The Morgan fingerprint density at radius 3 is 1.64 bits per heavy atom. The van der Waals surface area contributed by atoms with Crippen LogP contribution in [0.15, 0.2) is 110 Å². The van der Waals surface area contributed by atoms with Gasteiger partial charge in [-0.25, -0.2) is 0 Å². The molecule has 4 aromatic carbocycles. The van der Waals surface area contributed by atoms with Crippen LogP contribution in [0.3, 0.4) is 0 Å². The van der Waals surface area contributed by atoms with Gasteiger partial charge in [-0.3, -0.25) is 0 Å². The first-order valence-electron chi connectivity index (χ1n) is 15.0. The van der Waals surface area contributed by atoms with Gasteiger partial charge in [0.2, 0.25) is 0 Å². The molecule has 0 aliphatic rings. The van der Waals surface area contributed by atoms with Crippen LogP contribution in [-0.2, 0) is 6.42 Å². The molecular formula is C35H41N7O2. The van der Waals surface area contributed by atoms with E-state index in [4.69, 9.17) is 9.47 Å². The van der Waals surface area contributed by atoms with Gasteiger partial charge >= 0.3 is 0 Å². The summed E-state index contributed by atoms with van der Waals surface area (Å²) in [5.74, 6) is 1.35. The third-order valence-corrected chi connectivity index (χ3v) is 7.20. The average molecular weight is 592 g/mol. The second-order valence-corrected chi connectivity index (χ2v) is 10.2. The molecule has 0 unspecified atom stereocenters. The minimum Gasteiger partial charge on any atom is -0.494 e. The molecule has 9 heteroatoms. The van der Waals surface area contributed by atoms with E-state index in [1.165, 1.54) is 18.4 Å². The van der Waals surface area contributed by atoms with Crippen molar-refractivity contribution >= 4 is 39.8 Å². The molecule has 0 amide bonds. The van der Waals surface area contributed by atoms with Gasteiger partial charge in [0.15, 0.2) is 0 Å².